The second kappa shape index (κ2) is 8.64. The highest BCUT2D eigenvalue weighted by Gasteiger charge is 2.34. The maximum atomic E-state index is 13.0. The van der Waals surface area contributed by atoms with Gasteiger partial charge in [0.25, 0.3) is 0 Å². The first-order chi connectivity index (χ1) is 13.3. The summed E-state index contributed by atoms with van der Waals surface area (Å²) in [5.41, 5.74) is 0.879. The Bertz CT molecular complexity index is 754. The molecule has 1 aliphatic heterocycles. The molecule has 2 heterocycles. The van der Waals surface area contributed by atoms with Gasteiger partial charge in [-0.3, -0.25) is 9.69 Å². The number of furan rings is 1. The van der Waals surface area contributed by atoms with Crippen molar-refractivity contribution in [1.29, 1.82) is 0 Å². The largest absolute Gasteiger partial charge is 0.467 e. The molecule has 1 fully saturated rings. The number of nitrogens with zero attached hydrogens (tertiary/aromatic N) is 3. The van der Waals surface area contributed by atoms with E-state index in [9.17, 15) is 22.4 Å². The van der Waals surface area contributed by atoms with E-state index < -0.39 is 18.6 Å². The fraction of sp³-hybridized carbons (Fsp3) is 0.421. The van der Waals surface area contributed by atoms with Gasteiger partial charge in [0.05, 0.1) is 19.4 Å². The zero-order valence-electron chi connectivity index (χ0n) is 15.2. The fourth-order valence-corrected chi connectivity index (χ4v) is 3.15. The van der Waals surface area contributed by atoms with Gasteiger partial charge in [0.15, 0.2) is 0 Å². The summed E-state index contributed by atoms with van der Waals surface area (Å²) in [6.07, 6.45) is -3.12. The molecule has 0 atom stereocenters. The summed E-state index contributed by atoms with van der Waals surface area (Å²) in [4.78, 5) is 17.1. The predicted molar refractivity (Wildman–Crippen MR) is 95.2 cm³/mol. The average Bonchev–Trinajstić information content (AvgIpc) is 3.14. The monoisotopic (exact) mass is 399 g/mol. The number of benzene rings is 1. The fourth-order valence-electron chi connectivity index (χ4n) is 3.15. The summed E-state index contributed by atoms with van der Waals surface area (Å²) in [6, 6.07) is 9.25. The molecule has 5 nitrogen and oxygen atoms in total. The van der Waals surface area contributed by atoms with Crippen molar-refractivity contribution in [2.45, 2.75) is 12.7 Å². The summed E-state index contributed by atoms with van der Waals surface area (Å²) in [6.45, 7) is 0.650. The third-order valence-electron chi connectivity index (χ3n) is 4.57. The van der Waals surface area contributed by atoms with E-state index in [1.54, 1.807) is 18.2 Å². The number of amides is 1. The Hall–Kier alpha value is -2.55. The van der Waals surface area contributed by atoms with E-state index in [0.29, 0.717) is 31.9 Å². The first kappa shape index (κ1) is 20.2. The Morgan fingerprint density at radius 3 is 2.32 bits per heavy atom. The number of carbonyl (C=O) groups excluding carboxylic acids is 1. The zero-order valence-corrected chi connectivity index (χ0v) is 15.2. The van der Waals surface area contributed by atoms with Crippen molar-refractivity contribution < 1.29 is 26.8 Å². The SMILES string of the molecule is O=C(CN1CCN(c2ccc(F)cc2)CC1)N(Cc1ccco1)CC(F)(F)F. The van der Waals surface area contributed by atoms with Gasteiger partial charge >= 0.3 is 6.18 Å². The second-order valence-corrected chi connectivity index (χ2v) is 6.68. The van der Waals surface area contributed by atoms with Gasteiger partial charge < -0.3 is 14.2 Å². The number of halogens is 4. The molecule has 0 unspecified atom stereocenters. The molecule has 3 rings (SSSR count). The minimum atomic E-state index is -4.48. The lowest BCUT2D eigenvalue weighted by Crippen LogP contribution is -2.51. The predicted octanol–water partition coefficient (Wildman–Crippen LogP) is 3.13. The standard InChI is InChI=1S/C19H21F4N3O2/c20-15-3-5-16(6-4-15)25-9-7-24(8-10-25)13-18(27)26(14-19(21,22)23)12-17-2-1-11-28-17/h1-6,11H,7-10,12-14H2. The number of carbonyl (C=O) groups is 1. The van der Waals surface area contributed by atoms with Crippen molar-refractivity contribution >= 4 is 11.6 Å². The highest BCUT2D eigenvalue weighted by molar-refractivity contribution is 5.78. The Labute approximate surface area is 160 Å². The lowest BCUT2D eigenvalue weighted by Gasteiger charge is -2.36. The molecule has 1 aromatic heterocycles. The van der Waals surface area contributed by atoms with Gasteiger partial charge in [-0.05, 0) is 36.4 Å². The van der Waals surface area contributed by atoms with Crippen LogP contribution in [0.15, 0.2) is 47.1 Å². The van der Waals surface area contributed by atoms with Crippen molar-refractivity contribution in [3.8, 4) is 0 Å². The van der Waals surface area contributed by atoms with Gasteiger partial charge in [-0.1, -0.05) is 0 Å². The summed E-state index contributed by atoms with van der Waals surface area (Å²) in [5.74, 6) is -0.600. The normalized spacial score (nSPS) is 15.6. The van der Waals surface area contributed by atoms with Crippen LogP contribution in [0.5, 0.6) is 0 Å². The van der Waals surface area contributed by atoms with Gasteiger partial charge in [0.2, 0.25) is 5.91 Å². The molecule has 2 aromatic rings. The molecule has 0 saturated carbocycles. The van der Waals surface area contributed by atoms with Crippen LogP contribution in [0.4, 0.5) is 23.2 Å². The van der Waals surface area contributed by atoms with Crippen molar-refractivity contribution in [3.05, 3.63) is 54.2 Å². The molecule has 0 radical (unpaired) electrons. The van der Waals surface area contributed by atoms with Crippen LogP contribution in [0.2, 0.25) is 0 Å². The third kappa shape index (κ3) is 5.72. The van der Waals surface area contributed by atoms with E-state index in [2.05, 4.69) is 4.90 Å². The topological polar surface area (TPSA) is 39.9 Å². The number of hydrogen-bond donors (Lipinski definition) is 0. The summed E-state index contributed by atoms with van der Waals surface area (Å²) in [5, 5.41) is 0. The Kier molecular flexibility index (Phi) is 6.23. The maximum Gasteiger partial charge on any atom is 0.406 e. The molecular formula is C19H21F4N3O2. The smallest absolute Gasteiger partial charge is 0.406 e. The van der Waals surface area contributed by atoms with Gasteiger partial charge in [0.1, 0.15) is 18.1 Å². The first-order valence-corrected chi connectivity index (χ1v) is 8.90. The summed E-state index contributed by atoms with van der Waals surface area (Å²) >= 11 is 0. The van der Waals surface area contributed by atoms with Crippen molar-refractivity contribution in [1.82, 2.24) is 9.80 Å². The minimum absolute atomic E-state index is 0.0892. The minimum Gasteiger partial charge on any atom is -0.467 e. The van der Waals surface area contributed by atoms with Crippen molar-refractivity contribution in [2.24, 2.45) is 0 Å². The van der Waals surface area contributed by atoms with Crippen LogP contribution in [-0.2, 0) is 11.3 Å². The molecule has 0 N–H and O–H groups in total. The molecule has 1 aliphatic rings. The molecular weight excluding hydrogens is 378 g/mol. The van der Waals surface area contributed by atoms with Gasteiger partial charge in [-0.15, -0.1) is 0 Å². The number of hydrogen-bond acceptors (Lipinski definition) is 4. The molecule has 0 aliphatic carbocycles. The van der Waals surface area contributed by atoms with E-state index >= 15 is 0 Å². The Morgan fingerprint density at radius 2 is 1.75 bits per heavy atom. The van der Waals surface area contributed by atoms with Crippen LogP contribution in [0, 0.1) is 5.82 Å². The van der Waals surface area contributed by atoms with Gasteiger partial charge in [-0.2, -0.15) is 13.2 Å². The molecule has 152 valence electrons. The van der Waals surface area contributed by atoms with Crippen LogP contribution in [-0.4, -0.2) is 61.2 Å². The molecule has 0 bridgehead atoms. The van der Waals surface area contributed by atoms with Crippen LogP contribution in [0.1, 0.15) is 5.76 Å². The molecule has 1 saturated heterocycles. The lowest BCUT2D eigenvalue weighted by molar-refractivity contribution is -0.163. The quantitative estimate of drug-likeness (QED) is 0.700. The van der Waals surface area contributed by atoms with Gasteiger partial charge in [-0.25, -0.2) is 4.39 Å². The molecule has 1 aromatic carbocycles. The van der Waals surface area contributed by atoms with Crippen molar-refractivity contribution in [2.75, 3.05) is 44.2 Å². The Morgan fingerprint density at radius 1 is 1.07 bits per heavy atom. The summed E-state index contributed by atoms with van der Waals surface area (Å²) < 4.78 is 56.7. The lowest BCUT2D eigenvalue weighted by atomic mass is 10.2. The first-order valence-electron chi connectivity index (χ1n) is 8.90. The van der Waals surface area contributed by atoms with Crippen molar-refractivity contribution in [3.63, 3.8) is 0 Å². The van der Waals surface area contributed by atoms with Crippen LogP contribution in [0.3, 0.4) is 0 Å². The highest BCUT2D eigenvalue weighted by atomic mass is 19.4. The average molecular weight is 399 g/mol. The van der Waals surface area contributed by atoms with E-state index in [1.165, 1.54) is 24.5 Å². The van der Waals surface area contributed by atoms with Gasteiger partial charge in [0, 0.05) is 31.9 Å². The number of anilines is 1. The number of piperazine rings is 1. The van der Waals surface area contributed by atoms with Crippen LogP contribution in [0.25, 0.3) is 0 Å². The van der Waals surface area contributed by atoms with E-state index in [0.717, 1.165) is 10.6 Å². The maximum absolute atomic E-state index is 13.0. The zero-order chi connectivity index (χ0) is 20.1. The molecule has 9 heteroatoms. The number of alkyl halides is 3. The number of rotatable bonds is 6. The molecule has 1 amide bonds. The molecule has 0 spiro atoms. The molecule has 28 heavy (non-hydrogen) atoms. The van der Waals surface area contributed by atoms with Crippen LogP contribution < -0.4 is 4.90 Å². The van der Waals surface area contributed by atoms with E-state index in [4.69, 9.17) is 4.42 Å². The van der Waals surface area contributed by atoms with E-state index in [1.807, 2.05) is 4.90 Å². The van der Waals surface area contributed by atoms with E-state index in [-0.39, 0.29) is 18.9 Å². The highest BCUT2D eigenvalue weighted by Crippen LogP contribution is 2.20. The Balaban J connectivity index is 1.55. The summed E-state index contributed by atoms with van der Waals surface area (Å²) in [7, 11) is 0. The van der Waals surface area contributed by atoms with Crippen LogP contribution >= 0.6 is 0 Å². The third-order valence-corrected chi connectivity index (χ3v) is 4.57. The second-order valence-electron chi connectivity index (χ2n) is 6.68.